The molecule has 0 aromatic carbocycles. The summed E-state index contributed by atoms with van der Waals surface area (Å²) in [6, 6.07) is 0. The minimum Gasteiger partial charge on any atom is -0.325 e. The molecule has 0 spiro atoms. The summed E-state index contributed by atoms with van der Waals surface area (Å²) < 4.78 is 26.7. The fraction of sp³-hybridized carbons (Fsp3) is 0.625. The number of nitrogens with two attached hydrogens (primary N) is 1. The first-order valence-electron chi connectivity index (χ1n) is 4.20. The molecule has 72 valence electrons. The maximum Gasteiger partial charge on any atom is 0.261 e. The summed E-state index contributed by atoms with van der Waals surface area (Å²) in [5.74, 6) is 0. The Bertz CT molecular complexity index is 304. The quantitative estimate of drug-likeness (QED) is 0.769. The van der Waals surface area contributed by atoms with Gasteiger partial charge in [-0.25, -0.2) is 13.8 Å². The Labute approximate surface area is 74.6 Å². The smallest absolute Gasteiger partial charge is 0.261 e. The topological polar surface area (TPSA) is 43.8 Å². The molecule has 0 aliphatic heterocycles. The Balaban J connectivity index is 2.25. The van der Waals surface area contributed by atoms with Crippen LogP contribution in [-0.4, -0.2) is 16.0 Å². The molecule has 1 aliphatic carbocycles. The Morgan fingerprint density at radius 2 is 2.31 bits per heavy atom. The molecule has 1 fully saturated rings. The van der Waals surface area contributed by atoms with Gasteiger partial charge in [0, 0.05) is 12.7 Å². The van der Waals surface area contributed by atoms with Gasteiger partial charge < -0.3 is 10.3 Å². The first-order valence-corrected chi connectivity index (χ1v) is 4.20. The van der Waals surface area contributed by atoms with Gasteiger partial charge >= 0.3 is 0 Å². The van der Waals surface area contributed by atoms with Crippen LogP contribution in [0.3, 0.4) is 0 Å². The average molecular weight is 187 g/mol. The van der Waals surface area contributed by atoms with E-state index in [9.17, 15) is 8.78 Å². The van der Waals surface area contributed by atoms with Crippen molar-refractivity contribution < 1.29 is 8.78 Å². The third-order valence-electron chi connectivity index (χ3n) is 2.53. The molecule has 1 aromatic heterocycles. The van der Waals surface area contributed by atoms with Crippen LogP contribution >= 0.6 is 0 Å². The van der Waals surface area contributed by atoms with Crippen LogP contribution in [0.25, 0.3) is 0 Å². The highest BCUT2D eigenvalue weighted by Crippen LogP contribution is 2.48. The molecule has 2 rings (SSSR count). The molecule has 3 nitrogen and oxygen atoms in total. The van der Waals surface area contributed by atoms with Crippen molar-refractivity contribution in [1.29, 1.82) is 0 Å². The fourth-order valence-corrected chi connectivity index (χ4v) is 1.43. The highest BCUT2D eigenvalue weighted by atomic mass is 19.3. The summed E-state index contributed by atoms with van der Waals surface area (Å²) in [6.07, 6.45) is 1.81. The van der Waals surface area contributed by atoms with Crippen molar-refractivity contribution in [3.8, 4) is 0 Å². The third-order valence-corrected chi connectivity index (χ3v) is 2.53. The van der Waals surface area contributed by atoms with Crippen LogP contribution < -0.4 is 5.73 Å². The largest absolute Gasteiger partial charge is 0.325 e. The Morgan fingerprint density at radius 3 is 2.69 bits per heavy atom. The fourth-order valence-electron chi connectivity index (χ4n) is 1.43. The Hall–Kier alpha value is -0.970. The van der Waals surface area contributed by atoms with Crippen molar-refractivity contribution in [2.45, 2.75) is 31.4 Å². The minimum absolute atomic E-state index is 0.298. The third kappa shape index (κ3) is 1.23. The van der Waals surface area contributed by atoms with Gasteiger partial charge in [-0.05, 0) is 12.8 Å². The van der Waals surface area contributed by atoms with Crippen molar-refractivity contribution in [1.82, 2.24) is 9.55 Å². The molecule has 0 amide bonds. The van der Waals surface area contributed by atoms with E-state index in [0.717, 1.165) is 0 Å². The van der Waals surface area contributed by atoms with Crippen LogP contribution in [0.1, 0.15) is 18.5 Å². The highest BCUT2D eigenvalue weighted by Gasteiger charge is 2.52. The van der Waals surface area contributed by atoms with E-state index >= 15 is 0 Å². The van der Waals surface area contributed by atoms with E-state index in [1.807, 2.05) is 0 Å². The number of halogens is 2. The van der Waals surface area contributed by atoms with E-state index < -0.39 is 12.0 Å². The molecule has 1 heterocycles. The summed E-state index contributed by atoms with van der Waals surface area (Å²) in [6.45, 7) is 0.298. The van der Waals surface area contributed by atoms with Crippen LogP contribution in [0.15, 0.2) is 12.5 Å². The SMILES string of the molecule is NCc1cn(C2(C(F)F)CC2)cn1. The zero-order valence-electron chi connectivity index (χ0n) is 7.08. The number of rotatable bonds is 3. The van der Waals surface area contributed by atoms with Gasteiger partial charge in [-0.2, -0.15) is 0 Å². The number of aromatic nitrogens is 2. The number of imidazole rings is 1. The summed E-state index contributed by atoms with van der Waals surface area (Å²) in [5, 5.41) is 0. The summed E-state index contributed by atoms with van der Waals surface area (Å²) in [4.78, 5) is 3.93. The lowest BCUT2D eigenvalue weighted by molar-refractivity contribution is 0.0670. The van der Waals surface area contributed by atoms with Crippen LogP contribution in [-0.2, 0) is 12.1 Å². The first-order chi connectivity index (χ1) is 6.19. The molecule has 1 saturated carbocycles. The lowest BCUT2D eigenvalue weighted by Gasteiger charge is -2.14. The van der Waals surface area contributed by atoms with Gasteiger partial charge in [0.25, 0.3) is 6.43 Å². The second-order valence-electron chi connectivity index (χ2n) is 3.38. The maximum absolute atomic E-state index is 12.6. The Morgan fingerprint density at radius 1 is 1.62 bits per heavy atom. The Kier molecular flexibility index (Phi) is 1.83. The normalized spacial score (nSPS) is 19.4. The standard InChI is InChI=1S/C8H11F2N3/c9-7(10)8(1-2-8)13-4-6(3-11)12-5-13/h4-5,7H,1-3,11H2. The van der Waals surface area contributed by atoms with Crippen LogP contribution in [0.4, 0.5) is 8.78 Å². The molecular formula is C8H11F2N3. The van der Waals surface area contributed by atoms with Crippen molar-refractivity contribution in [2.75, 3.05) is 0 Å². The predicted molar refractivity (Wildman–Crippen MR) is 43.3 cm³/mol. The van der Waals surface area contributed by atoms with Crippen LogP contribution in [0, 0.1) is 0 Å². The predicted octanol–water partition coefficient (Wildman–Crippen LogP) is 1.10. The van der Waals surface area contributed by atoms with E-state index in [0.29, 0.717) is 25.1 Å². The molecule has 0 atom stereocenters. The number of hydrogen-bond donors (Lipinski definition) is 1. The highest BCUT2D eigenvalue weighted by molar-refractivity contribution is 5.08. The molecule has 2 N–H and O–H groups in total. The molecule has 0 unspecified atom stereocenters. The lowest BCUT2D eigenvalue weighted by atomic mass is 10.3. The zero-order valence-corrected chi connectivity index (χ0v) is 7.08. The number of hydrogen-bond acceptors (Lipinski definition) is 2. The van der Waals surface area contributed by atoms with Crippen molar-refractivity contribution in [3.05, 3.63) is 18.2 Å². The number of nitrogens with zero attached hydrogens (tertiary/aromatic N) is 2. The van der Waals surface area contributed by atoms with Gasteiger partial charge in [0.2, 0.25) is 0 Å². The summed E-state index contributed by atoms with van der Waals surface area (Å²) >= 11 is 0. The van der Waals surface area contributed by atoms with Crippen molar-refractivity contribution in [2.24, 2.45) is 5.73 Å². The second kappa shape index (κ2) is 2.77. The van der Waals surface area contributed by atoms with Gasteiger partial charge in [0.15, 0.2) is 0 Å². The van der Waals surface area contributed by atoms with Crippen LogP contribution in [0.2, 0.25) is 0 Å². The van der Waals surface area contributed by atoms with Gasteiger partial charge in [-0.15, -0.1) is 0 Å². The van der Waals surface area contributed by atoms with Gasteiger partial charge in [-0.3, -0.25) is 0 Å². The minimum atomic E-state index is -2.31. The van der Waals surface area contributed by atoms with Gasteiger partial charge in [-0.1, -0.05) is 0 Å². The molecular weight excluding hydrogens is 176 g/mol. The van der Waals surface area contributed by atoms with Gasteiger partial charge in [0.05, 0.1) is 12.0 Å². The molecule has 0 bridgehead atoms. The molecule has 0 saturated heterocycles. The average Bonchev–Trinajstić information content (AvgIpc) is 2.79. The maximum atomic E-state index is 12.6. The monoisotopic (exact) mass is 187 g/mol. The summed E-state index contributed by atoms with van der Waals surface area (Å²) in [5.41, 5.74) is 5.03. The summed E-state index contributed by atoms with van der Waals surface area (Å²) in [7, 11) is 0. The first kappa shape index (κ1) is 8.62. The van der Waals surface area contributed by atoms with Crippen molar-refractivity contribution >= 4 is 0 Å². The van der Waals surface area contributed by atoms with E-state index in [-0.39, 0.29) is 0 Å². The van der Waals surface area contributed by atoms with E-state index in [1.165, 1.54) is 10.9 Å². The van der Waals surface area contributed by atoms with Crippen LogP contribution in [0.5, 0.6) is 0 Å². The van der Waals surface area contributed by atoms with Gasteiger partial charge in [0.1, 0.15) is 5.54 Å². The lowest BCUT2D eigenvalue weighted by Crippen LogP contribution is -2.24. The van der Waals surface area contributed by atoms with E-state index in [4.69, 9.17) is 5.73 Å². The van der Waals surface area contributed by atoms with Crippen molar-refractivity contribution in [3.63, 3.8) is 0 Å². The molecule has 1 aromatic rings. The molecule has 0 radical (unpaired) electrons. The zero-order chi connectivity index (χ0) is 9.47. The van der Waals surface area contributed by atoms with E-state index in [2.05, 4.69) is 4.98 Å². The number of alkyl halides is 2. The molecule has 13 heavy (non-hydrogen) atoms. The second-order valence-corrected chi connectivity index (χ2v) is 3.38. The van der Waals surface area contributed by atoms with E-state index in [1.54, 1.807) is 6.20 Å². The molecule has 1 aliphatic rings. The molecule has 5 heteroatoms.